The van der Waals surface area contributed by atoms with Crippen molar-refractivity contribution in [2.75, 3.05) is 0 Å². The molecular formula is C11H44K9V. The molecule has 0 nitrogen and oxygen atoms in total. The molecule has 0 aromatic heterocycles. The Morgan fingerprint density at radius 1 is 0.143 bits per heavy atom. The van der Waals surface area contributed by atoms with Crippen LogP contribution in [0.3, 0.4) is 0 Å². The van der Waals surface area contributed by atoms with E-state index >= 15 is 0 Å². The first-order chi connectivity index (χ1) is 0. The van der Waals surface area contributed by atoms with Gasteiger partial charge in [-0.05, 0) is 0 Å². The molecule has 0 rings (SSSR count). The topological polar surface area (TPSA) is 0 Å². The minimum Gasteiger partial charge on any atom is -0.0776 e. The third-order valence-corrected chi connectivity index (χ3v) is 0. The van der Waals surface area contributed by atoms with Gasteiger partial charge in [0.15, 0.2) is 0 Å². The summed E-state index contributed by atoms with van der Waals surface area (Å²) < 4.78 is 0. The van der Waals surface area contributed by atoms with Crippen LogP contribution in [0.2, 0.25) is 0 Å². The molecule has 10 radical (unpaired) electrons. The third-order valence-electron chi connectivity index (χ3n) is 0. The Bertz CT molecular complexity index is 25.7. The first-order valence-corrected chi connectivity index (χ1v) is 0. The predicted octanol–water partition coefficient (Wildman–Crippen LogP) is 3.57. The van der Waals surface area contributed by atoms with Gasteiger partial charge in [0.2, 0.25) is 0 Å². The molecule has 0 unspecified atom stereocenters. The van der Waals surface area contributed by atoms with E-state index < -0.39 is 0 Å². The summed E-state index contributed by atoms with van der Waals surface area (Å²) in [6.45, 7) is 0. The van der Waals surface area contributed by atoms with Gasteiger partial charge < -0.3 is 0 Å². The van der Waals surface area contributed by atoms with Gasteiger partial charge in [-0.1, -0.05) is 81.7 Å². The Kier molecular flexibility index (Phi) is 1630. The Hall–Kier alpha value is 15.3. The minimum absolute atomic E-state index is 0. The van der Waals surface area contributed by atoms with Crippen LogP contribution in [0, 0.1) is 0 Å². The van der Waals surface area contributed by atoms with Gasteiger partial charge in [0.1, 0.15) is 0 Å². The second-order valence-corrected chi connectivity index (χ2v) is 0. The van der Waals surface area contributed by atoms with Gasteiger partial charge in [0, 0.05) is 481 Å². The van der Waals surface area contributed by atoms with Crippen molar-refractivity contribution in [1.29, 1.82) is 0 Å². The maximum Gasteiger partial charge on any atom is 0 e. The van der Waals surface area contributed by atoms with Crippen LogP contribution in [0.25, 0.3) is 0 Å². The fraction of sp³-hybridized carbons (Fsp3) is 1.00. The van der Waals surface area contributed by atoms with E-state index in [-0.39, 0.29) is 563 Å². The Balaban J connectivity index is 0. The van der Waals surface area contributed by atoms with Crippen molar-refractivity contribution in [2.45, 2.75) is 81.7 Å². The SMILES string of the molecule is C.C.C.C.C.C.C.C.C.C.C.[K].[K].[K].[K].[K].[K].[K].[K].[K].[V]. The fourth-order valence-corrected chi connectivity index (χ4v) is 0. The van der Waals surface area contributed by atoms with E-state index in [4.69, 9.17) is 0 Å². The molecular weight excluding hydrogens is 535 g/mol. The minimum atomic E-state index is 0. The summed E-state index contributed by atoms with van der Waals surface area (Å²) in [7, 11) is 0. The summed E-state index contributed by atoms with van der Waals surface area (Å²) in [6, 6.07) is 0. The van der Waals surface area contributed by atoms with Crippen LogP contribution in [-0.4, -0.2) is 462 Å². The largest absolute Gasteiger partial charge is 0.0776 e. The molecule has 0 aromatic rings. The van der Waals surface area contributed by atoms with Crippen molar-refractivity contribution in [3.63, 3.8) is 0 Å². The maximum atomic E-state index is 0. The van der Waals surface area contributed by atoms with E-state index in [1.54, 1.807) is 0 Å². The molecule has 0 bridgehead atoms. The quantitative estimate of drug-likeness (QED) is 0.386. The summed E-state index contributed by atoms with van der Waals surface area (Å²) in [5.74, 6) is 0. The molecule has 102 valence electrons. The Labute approximate surface area is 541 Å². The fourth-order valence-electron chi connectivity index (χ4n) is 0. The monoisotopic (exact) mass is 578 g/mol. The van der Waals surface area contributed by atoms with Gasteiger partial charge in [-0.2, -0.15) is 0 Å². The summed E-state index contributed by atoms with van der Waals surface area (Å²) in [4.78, 5) is 0. The average molecular weight is 579 g/mol. The molecule has 0 aliphatic heterocycles. The van der Waals surface area contributed by atoms with Crippen LogP contribution >= 0.6 is 0 Å². The Morgan fingerprint density at radius 2 is 0.143 bits per heavy atom. The normalized spacial score (nSPS) is 0. The van der Waals surface area contributed by atoms with Crippen LogP contribution in [-0.2, 0) is 18.6 Å². The van der Waals surface area contributed by atoms with Crippen LogP contribution in [0.5, 0.6) is 0 Å². The first kappa shape index (κ1) is 193. The molecule has 10 heteroatoms. The second-order valence-electron chi connectivity index (χ2n) is 0. The molecule has 0 fully saturated rings. The molecule has 0 aromatic carbocycles. The van der Waals surface area contributed by atoms with Crippen molar-refractivity contribution >= 4 is 462 Å². The van der Waals surface area contributed by atoms with Crippen molar-refractivity contribution in [3.8, 4) is 0 Å². The van der Waals surface area contributed by atoms with Gasteiger partial charge in [0.05, 0.1) is 0 Å². The predicted molar refractivity (Wildman–Crippen MR) is 126 cm³/mol. The third kappa shape index (κ3) is 167. The van der Waals surface area contributed by atoms with Crippen LogP contribution < -0.4 is 0 Å². The average Bonchev–Trinajstić information content (AvgIpc) is 0. The van der Waals surface area contributed by atoms with Crippen molar-refractivity contribution in [2.24, 2.45) is 0 Å². The first-order valence-electron chi connectivity index (χ1n) is 0. The van der Waals surface area contributed by atoms with E-state index in [0.29, 0.717) is 0 Å². The summed E-state index contributed by atoms with van der Waals surface area (Å²) >= 11 is 0. The molecule has 0 aliphatic rings. The number of rotatable bonds is 0. The maximum absolute atomic E-state index is 0. The molecule has 0 N–H and O–H groups in total. The van der Waals surface area contributed by atoms with Crippen molar-refractivity contribution in [1.82, 2.24) is 0 Å². The van der Waals surface area contributed by atoms with Crippen LogP contribution in [0.15, 0.2) is 0 Å². The van der Waals surface area contributed by atoms with E-state index in [0.717, 1.165) is 0 Å². The van der Waals surface area contributed by atoms with E-state index in [9.17, 15) is 0 Å². The molecule has 0 amide bonds. The van der Waals surface area contributed by atoms with Gasteiger partial charge in [0.25, 0.3) is 0 Å². The molecule has 0 atom stereocenters. The molecule has 21 heavy (non-hydrogen) atoms. The van der Waals surface area contributed by atoms with E-state index in [2.05, 4.69) is 0 Å². The zero-order chi connectivity index (χ0) is 0. The van der Waals surface area contributed by atoms with Gasteiger partial charge >= 0.3 is 0 Å². The van der Waals surface area contributed by atoms with Gasteiger partial charge in [-0.25, -0.2) is 0 Å². The summed E-state index contributed by atoms with van der Waals surface area (Å²) in [5, 5.41) is 0. The molecule has 0 saturated carbocycles. The van der Waals surface area contributed by atoms with E-state index in [1.807, 2.05) is 0 Å². The summed E-state index contributed by atoms with van der Waals surface area (Å²) in [5.41, 5.74) is 0. The number of hydrogen-bond acceptors (Lipinski definition) is 0. The summed E-state index contributed by atoms with van der Waals surface area (Å²) in [6.07, 6.45) is 0. The van der Waals surface area contributed by atoms with Crippen LogP contribution in [0.1, 0.15) is 81.7 Å². The number of hydrogen-bond donors (Lipinski definition) is 0. The Morgan fingerprint density at radius 3 is 0.143 bits per heavy atom. The van der Waals surface area contributed by atoms with Crippen molar-refractivity contribution in [3.05, 3.63) is 0 Å². The molecule has 0 aliphatic carbocycles. The van der Waals surface area contributed by atoms with Gasteiger partial charge in [-0.3, -0.25) is 0 Å². The van der Waals surface area contributed by atoms with Gasteiger partial charge in [-0.15, -0.1) is 0 Å². The zero-order valence-electron chi connectivity index (χ0n) is 9.45. The molecule has 0 saturated heterocycles. The van der Waals surface area contributed by atoms with Crippen molar-refractivity contribution < 1.29 is 18.6 Å². The smallest absolute Gasteiger partial charge is 0 e. The van der Waals surface area contributed by atoms with Crippen LogP contribution in [0.4, 0.5) is 0 Å². The van der Waals surface area contributed by atoms with E-state index in [1.165, 1.54) is 0 Å². The molecule has 0 heterocycles. The molecule has 0 spiro atoms. The second kappa shape index (κ2) is 177. The standard InChI is InChI=1S/11CH4.9K.V/h11*1H4;;;;;;;;;;. The zero-order valence-corrected chi connectivity index (χ0v) is 39.0.